The summed E-state index contributed by atoms with van der Waals surface area (Å²) in [7, 11) is 0. The third kappa shape index (κ3) is 2.73. The van der Waals surface area contributed by atoms with Crippen molar-refractivity contribution in [3.63, 3.8) is 0 Å². The number of aromatic nitrogens is 2. The summed E-state index contributed by atoms with van der Waals surface area (Å²) in [6, 6.07) is 26.7. The van der Waals surface area contributed by atoms with Gasteiger partial charge in [0.05, 0.1) is 11.4 Å². The van der Waals surface area contributed by atoms with E-state index in [0.29, 0.717) is 0 Å². The van der Waals surface area contributed by atoms with Crippen molar-refractivity contribution in [3.8, 4) is 11.1 Å². The zero-order valence-corrected chi connectivity index (χ0v) is 21.8. The quantitative estimate of drug-likeness (QED) is 0.293. The molecule has 8 rings (SSSR count). The average molecular weight is 485 g/mol. The van der Waals surface area contributed by atoms with E-state index >= 15 is 0 Å². The van der Waals surface area contributed by atoms with E-state index in [4.69, 9.17) is 9.97 Å². The Hall–Kier alpha value is -3.66. The lowest BCUT2D eigenvalue weighted by atomic mass is 9.80. The van der Waals surface area contributed by atoms with Crippen LogP contribution in [0.5, 0.6) is 0 Å². The number of fused-ring (bicyclic) bond motifs is 9. The highest BCUT2D eigenvalue weighted by molar-refractivity contribution is 5.90. The first kappa shape index (κ1) is 21.4. The molecule has 1 saturated carbocycles. The van der Waals surface area contributed by atoms with Crippen molar-refractivity contribution in [2.45, 2.75) is 64.5 Å². The van der Waals surface area contributed by atoms with Gasteiger partial charge in [0.2, 0.25) is 0 Å². The van der Waals surface area contributed by atoms with Gasteiger partial charge >= 0.3 is 0 Å². The fourth-order valence-corrected chi connectivity index (χ4v) is 7.54. The predicted molar refractivity (Wildman–Crippen MR) is 150 cm³/mol. The standard InChI is InChI=1S/C33H32N4/c1-21-11-7-8-14-24(21)22-17-18-25-28(19-22)37-30-29(34-26-15-9-10-16-27(26)35-30)36(23-12-5-4-6-13-23)31(37)33(3)20-32(25,33)2/h4-8,11-14,17-19,31H,9-10,15-16,20H2,1-3H3. The van der Waals surface area contributed by atoms with Crippen molar-refractivity contribution in [1.82, 2.24) is 9.97 Å². The molecule has 4 heteroatoms. The summed E-state index contributed by atoms with van der Waals surface area (Å²) in [6.45, 7) is 7.15. The van der Waals surface area contributed by atoms with Crippen LogP contribution in [-0.4, -0.2) is 16.1 Å². The molecule has 37 heavy (non-hydrogen) atoms. The fraction of sp³-hybridized carbons (Fsp3) is 0.333. The third-order valence-corrected chi connectivity index (χ3v) is 9.81. The lowest BCUT2D eigenvalue weighted by molar-refractivity contribution is 0.371. The SMILES string of the molecule is Cc1ccccc1-c1ccc2c(c1)N1c3nc4c(nc3N(c3ccccc3)C1C1(C)CC21C)CCCC4. The second kappa shape index (κ2) is 7.22. The van der Waals surface area contributed by atoms with Gasteiger partial charge < -0.3 is 9.80 Å². The molecule has 4 aliphatic rings. The zero-order valence-electron chi connectivity index (χ0n) is 21.8. The number of aryl methyl sites for hydroxylation is 3. The van der Waals surface area contributed by atoms with Crippen LogP contribution in [0.25, 0.3) is 11.1 Å². The summed E-state index contributed by atoms with van der Waals surface area (Å²) < 4.78 is 0. The van der Waals surface area contributed by atoms with E-state index < -0.39 is 0 Å². The van der Waals surface area contributed by atoms with E-state index in [1.807, 2.05) is 0 Å². The summed E-state index contributed by atoms with van der Waals surface area (Å²) >= 11 is 0. The summed E-state index contributed by atoms with van der Waals surface area (Å²) in [6.07, 6.45) is 5.79. The molecule has 4 nitrogen and oxygen atoms in total. The molecule has 0 radical (unpaired) electrons. The maximum absolute atomic E-state index is 5.40. The molecule has 4 aromatic rings. The Labute approximate surface area is 219 Å². The molecular formula is C33H32N4. The van der Waals surface area contributed by atoms with Crippen LogP contribution in [0, 0.1) is 12.3 Å². The number of anilines is 4. The first-order chi connectivity index (χ1) is 18.0. The summed E-state index contributed by atoms with van der Waals surface area (Å²) in [4.78, 5) is 15.8. The molecule has 0 amide bonds. The van der Waals surface area contributed by atoms with Crippen LogP contribution in [0.4, 0.5) is 23.0 Å². The van der Waals surface area contributed by atoms with Crippen molar-refractivity contribution in [1.29, 1.82) is 0 Å². The normalized spacial score (nSPS) is 26.6. The molecule has 3 unspecified atom stereocenters. The number of rotatable bonds is 2. The number of hydrogen-bond acceptors (Lipinski definition) is 4. The monoisotopic (exact) mass is 484 g/mol. The smallest absolute Gasteiger partial charge is 0.178 e. The predicted octanol–water partition coefficient (Wildman–Crippen LogP) is 7.63. The minimum absolute atomic E-state index is 0.100. The van der Waals surface area contributed by atoms with Crippen LogP contribution >= 0.6 is 0 Å². The number of benzene rings is 3. The molecule has 1 aromatic heterocycles. The maximum Gasteiger partial charge on any atom is 0.178 e. The maximum atomic E-state index is 5.40. The number of hydrogen-bond donors (Lipinski definition) is 0. The van der Waals surface area contributed by atoms with Crippen LogP contribution < -0.4 is 9.80 Å². The second-order valence-corrected chi connectivity index (χ2v) is 11.9. The Morgan fingerprint density at radius 1 is 0.784 bits per heavy atom. The highest BCUT2D eigenvalue weighted by Crippen LogP contribution is 2.75. The molecule has 2 aliphatic carbocycles. The largest absolute Gasteiger partial charge is 0.301 e. The second-order valence-electron chi connectivity index (χ2n) is 11.9. The van der Waals surface area contributed by atoms with Gasteiger partial charge in [-0.05, 0) is 79.5 Å². The van der Waals surface area contributed by atoms with Crippen molar-refractivity contribution >= 4 is 23.0 Å². The van der Waals surface area contributed by atoms with E-state index in [1.165, 1.54) is 57.9 Å². The molecule has 3 aromatic carbocycles. The Bertz CT molecular complexity index is 1580. The van der Waals surface area contributed by atoms with Gasteiger partial charge in [0.1, 0.15) is 6.17 Å². The molecule has 0 spiro atoms. The Balaban J connectivity index is 1.40. The molecule has 2 aliphatic heterocycles. The van der Waals surface area contributed by atoms with Gasteiger partial charge in [-0.3, -0.25) is 0 Å². The molecule has 3 atom stereocenters. The highest BCUT2D eigenvalue weighted by Gasteiger charge is 2.73. The highest BCUT2D eigenvalue weighted by atomic mass is 15.5. The van der Waals surface area contributed by atoms with E-state index in [1.54, 1.807) is 0 Å². The van der Waals surface area contributed by atoms with E-state index in [9.17, 15) is 0 Å². The van der Waals surface area contributed by atoms with Gasteiger partial charge in [-0.1, -0.05) is 68.4 Å². The molecular weight excluding hydrogens is 452 g/mol. The number of para-hydroxylation sites is 1. The molecule has 0 saturated heterocycles. The molecule has 1 fully saturated rings. The lowest BCUT2D eigenvalue weighted by Crippen LogP contribution is -2.50. The average Bonchev–Trinajstić information content (AvgIpc) is 3.36. The molecule has 184 valence electrons. The van der Waals surface area contributed by atoms with E-state index in [0.717, 1.165) is 30.9 Å². The first-order valence-electron chi connectivity index (χ1n) is 13.7. The van der Waals surface area contributed by atoms with Gasteiger partial charge in [-0.25, -0.2) is 9.97 Å². The van der Waals surface area contributed by atoms with Gasteiger partial charge in [-0.2, -0.15) is 0 Å². The van der Waals surface area contributed by atoms with E-state index in [-0.39, 0.29) is 17.0 Å². The van der Waals surface area contributed by atoms with Crippen molar-refractivity contribution in [2.75, 3.05) is 9.80 Å². The fourth-order valence-electron chi connectivity index (χ4n) is 7.54. The minimum atomic E-state index is 0.100. The molecule has 0 N–H and O–H groups in total. The van der Waals surface area contributed by atoms with Crippen LogP contribution in [0.2, 0.25) is 0 Å². The van der Waals surface area contributed by atoms with Gasteiger partial charge in [0, 0.05) is 22.2 Å². The number of nitrogens with zero attached hydrogens (tertiary/aromatic N) is 4. The van der Waals surface area contributed by atoms with Crippen LogP contribution in [-0.2, 0) is 18.3 Å². The van der Waals surface area contributed by atoms with E-state index in [2.05, 4.69) is 103 Å². The van der Waals surface area contributed by atoms with Crippen LogP contribution in [0.1, 0.15) is 55.6 Å². The van der Waals surface area contributed by atoms with Crippen LogP contribution in [0.15, 0.2) is 72.8 Å². The zero-order chi connectivity index (χ0) is 24.9. The minimum Gasteiger partial charge on any atom is -0.301 e. The van der Waals surface area contributed by atoms with Crippen molar-refractivity contribution in [2.24, 2.45) is 5.41 Å². The lowest BCUT2D eigenvalue weighted by Gasteiger charge is -2.44. The Morgan fingerprint density at radius 3 is 2.19 bits per heavy atom. The topological polar surface area (TPSA) is 32.3 Å². The molecule has 0 bridgehead atoms. The van der Waals surface area contributed by atoms with Crippen LogP contribution in [0.3, 0.4) is 0 Å². The Morgan fingerprint density at radius 2 is 1.46 bits per heavy atom. The van der Waals surface area contributed by atoms with Crippen molar-refractivity contribution in [3.05, 3.63) is 95.3 Å². The molecule has 3 heterocycles. The van der Waals surface area contributed by atoms with Gasteiger partial charge in [0.15, 0.2) is 11.6 Å². The third-order valence-electron chi connectivity index (χ3n) is 9.81. The van der Waals surface area contributed by atoms with Crippen molar-refractivity contribution < 1.29 is 0 Å². The summed E-state index contributed by atoms with van der Waals surface area (Å²) in [5, 5.41) is 0. The van der Waals surface area contributed by atoms with Gasteiger partial charge in [-0.15, -0.1) is 0 Å². The first-order valence-corrected chi connectivity index (χ1v) is 13.7. The summed E-state index contributed by atoms with van der Waals surface area (Å²) in [5.74, 6) is 2.06. The van der Waals surface area contributed by atoms with Gasteiger partial charge in [0.25, 0.3) is 0 Å². The Kier molecular flexibility index (Phi) is 4.18. The summed E-state index contributed by atoms with van der Waals surface area (Å²) in [5.41, 5.74) is 10.4.